The Morgan fingerprint density at radius 1 is 1.06 bits per heavy atom. The lowest BCUT2D eigenvalue weighted by Gasteiger charge is -2.12. The van der Waals surface area contributed by atoms with Gasteiger partial charge in [-0.1, -0.05) is 31.5 Å². The Hall–Kier alpha value is -3.97. The van der Waals surface area contributed by atoms with Gasteiger partial charge in [0.2, 0.25) is 0 Å². The van der Waals surface area contributed by atoms with Gasteiger partial charge in [-0.15, -0.1) is 0 Å². The predicted molar refractivity (Wildman–Crippen MR) is 140 cm³/mol. The van der Waals surface area contributed by atoms with Gasteiger partial charge in [-0.25, -0.2) is 4.79 Å². The van der Waals surface area contributed by atoms with Crippen molar-refractivity contribution in [1.82, 2.24) is 4.57 Å². The highest BCUT2D eigenvalue weighted by atomic mass is 16.5. The summed E-state index contributed by atoms with van der Waals surface area (Å²) >= 11 is 0. The first-order valence-corrected chi connectivity index (χ1v) is 12.2. The molecule has 36 heavy (non-hydrogen) atoms. The summed E-state index contributed by atoms with van der Waals surface area (Å²) < 4.78 is 7.23. The monoisotopic (exact) mass is 488 g/mol. The van der Waals surface area contributed by atoms with E-state index in [1.165, 1.54) is 0 Å². The van der Waals surface area contributed by atoms with Gasteiger partial charge < -0.3 is 30.4 Å². The fourth-order valence-corrected chi connectivity index (χ4v) is 4.36. The van der Waals surface area contributed by atoms with Crippen LogP contribution in [0.5, 0.6) is 11.5 Å². The Bertz CT molecular complexity index is 1320. The molecule has 0 spiro atoms. The minimum Gasteiger partial charge on any atom is -0.507 e. The molecule has 0 radical (unpaired) electrons. The number of aryl methyl sites for hydroxylation is 1. The van der Waals surface area contributed by atoms with Crippen LogP contribution in [0.25, 0.3) is 10.9 Å². The van der Waals surface area contributed by atoms with E-state index < -0.39 is 12.1 Å². The highest BCUT2D eigenvalue weighted by Crippen LogP contribution is 2.32. The number of carbonyl (C=O) groups excluding carboxylic acids is 1. The molecule has 1 atom stereocenters. The van der Waals surface area contributed by atoms with E-state index in [-0.39, 0.29) is 31.1 Å². The van der Waals surface area contributed by atoms with Crippen LogP contribution in [-0.2, 0) is 24.1 Å². The van der Waals surface area contributed by atoms with E-state index in [0.29, 0.717) is 16.8 Å². The number of hydrogen-bond donors (Lipinski definition) is 4. The van der Waals surface area contributed by atoms with Gasteiger partial charge in [0.05, 0.1) is 23.8 Å². The first-order valence-electron chi connectivity index (χ1n) is 12.2. The molecule has 0 amide bonds. The number of phenols is 2. The molecule has 0 saturated heterocycles. The topological polar surface area (TPSA) is 118 Å². The molecule has 7 heteroatoms. The quantitative estimate of drug-likeness (QED) is 0.188. The third kappa shape index (κ3) is 5.80. The molecule has 0 aliphatic heterocycles. The molecule has 0 aliphatic rings. The number of nitrogen functional groups attached to an aromatic ring is 1. The minimum absolute atomic E-state index is 0.0649. The number of fused-ring (bicyclic) bond motifs is 1. The second-order valence-electron chi connectivity index (χ2n) is 9.09. The summed E-state index contributed by atoms with van der Waals surface area (Å²) in [5.41, 5.74) is 9.71. The molecule has 0 saturated carbocycles. The first kappa shape index (κ1) is 25.1. The number of unbranched alkanes of at least 4 members (excludes halogenated alkanes) is 1. The number of phenolic OH excluding ortho intramolecular Hbond substituents is 2. The van der Waals surface area contributed by atoms with Crippen LogP contribution < -0.4 is 5.73 Å². The number of anilines is 1. The van der Waals surface area contributed by atoms with E-state index in [2.05, 4.69) is 6.92 Å². The Labute approximate surface area is 210 Å². The van der Waals surface area contributed by atoms with Crippen LogP contribution in [0.15, 0.2) is 66.9 Å². The van der Waals surface area contributed by atoms with Gasteiger partial charge in [0.25, 0.3) is 0 Å². The van der Waals surface area contributed by atoms with Crippen molar-refractivity contribution in [2.75, 3.05) is 12.3 Å². The molecule has 4 aromatic rings. The lowest BCUT2D eigenvalue weighted by Crippen LogP contribution is -2.21. The van der Waals surface area contributed by atoms with Crippen molar-refractivity contribution in [3.8, 4) is 11.5 Å². The SMILES string of the molecule is CCCCc1cc(O)c(Cn2cc(CC(O)COC(=O)c3ccc(N)cc3)c3ccccc32)c(O)c1. The number of ether oxygens (including phenoxy) is 1. The number of rotatable bonds is 10. The van der Waals surface area contributed by atoms with Crippen molar-refractivity contribution in [2.24, 2.45) is 0 Å². The molecule has 1 aromatic heterocycles. The summed E-state index contributed by atoms with van der Waals surface area (Å²) in [5.74, 6) is -0.394. The van der Waals surface area contributed by atoms with E-state index in [1.54, 1.807) is 36.4 Å². The molecule has 1 heterocycles. The number of aromatic nitrogens is 1. The van der Waals surface area contributed by atoms with Crippen LogP contribution >= 0.6 is 0 Å². The largest absolute Gasteiger partial charge is 0.507 e. The van der Waals surface area contributed by atoms with Crippen molar-refractivity contribution in [2.45, 2.75) is 45.3 Å². The molecule has 5 N–H and O–H groups in total. The lowest BCUT2D eigenvalue weighted by molar-refractivity contribution is 0.0259. The first-order chi connectivity index (χ1) is 17.4. The summed E-state index contributed by atoms with van der Waals surface area (Å²) in [5, 5.41) is 32.8. The second-order valence-corrected chi connectivity index (χ2v) is 9.09. The molecule has 0 fully saturated rings. The van der Waals surface area contributed by atoms with Crippen molar-refractivity contribution in [1.29, 1.82) is 0 Å². The average molecular weight is 489 g/mol. The number of nitrogens with zero attached hydrogens (tertiary/aromatic N) is 1. The Morgan fingerprint density at radius 3 is 2.44 bits per heavy atom. The van der Waals surface area contributed by atoms with Gasteiger partial charge in [0, 0.05) is 29.2 Å². The Morgan fingerprint density at radius 2 is 1.75 bits per heavy atom. The van der Waals surface area contributed by atoms with Crippen LogP contribution in [0.1, 0.15) is 46.8 Å². The zero-order valence-corrected chi connectivity index (χ0v) is 20.4. The average Bonchev–Trinajstić information content (AvgIpc) is 3.21. The molecular formula is C29H32N2O5. The van der Waals surface area contributed by atoms with Crippen molar-refractivity contribution in [3.05, 3.63) is 89.1 Å². The zero-order chi connectivity index (χ0) is 25.7. The highest BCUT2D eigenvalue weighted by molar-refractivity contribution is 5.89. The fourth-order valence-electron chi connectivity index (χ4n) is 4.36. The lowest BCUT2D eigenvalue weighted by atomic mass is 10.0. The number of aliphatic hydroxyl groups is 1. The number of carbonyl (C=O) groups is 1. The van der Waals surface area contributed by atoms with Crippen LogP contribution in [0.3, 0.4) is 0 Å². The summed E-state index contributed by atoms with van der Waals surface area (Å²) in [4.78, 5) is 12.3. The third-order valence-electron chi connectivity index (χ3n) is 6.29. The van der Waals surface area contributed by atoms with E-state index in [1.807, 2.05) is 35.0 Å². The predicted octanol–water partition coefficient (Wildman–Crippen LogP) is 4.79. The number of benzene rings is 3. The third-order valence-corrected chi connectivity index (χ3v) is 6.29. The van der Waals surface area contributed by atoms with Gasteiger partial charge in [-0.2, -0.15) is 0 Å². The molecule has 188 valence electrons. The Balaban J connectivity index is 1.49. The molecule has 0 bridgehead atoms. The van der Waals surface area contributed by atoms with Gasteiger partial charge in [-0.3, -0.25) is 0 Å². The number of aromatic hydroxyl groups is 2. The van der Waals surface area contributed by atoms with Crippen molar-refractivity contribution >= 4 is 22.6 Å². The maximum atomic E-state index is 12.3. The summed E-state index contributed by atoms with van der Waals surface area (Å²) in [6.07, 6.45) is 4.10. The zero-order valence-electron chi connectivity index (χ0n) is 20.4. The van der Waals surface area contributed by atoms with Gasteiger partial charge in [-0.05, 0) is 66.4 Å². The molecule has 4 rings (SSSR count). The van der Waals surface area contributed by atoms with Crippen molar-refractivity contribution < 1.29 is 24.9 Å². The molecular weight excluding hydrogens is 456 g/mol. The van der Waals surface area contributed by atoms with Gasteiger partial charge >= 0.3 is 5.97 Å². The van der Waals surface area contributed by atoms with Gasteiger partial charge in [0.15, 0.2) is 0 Å². The maximum absolute atomic E-state index is 12.3. The normalized spacial score (nSPS) is 12.1. The fraction of sp³-hybridized carbons (Fsp3) is 0.276. The van der Waals surface area contributed by atoms with E-state index in [4.69, 9.17) is 10.5 Å². The van der Waals surface area contributed by atoms with Crippen LogP contribution in [0.4, 0.5) is 5.69 Å². The number of esters is 1. The van der Waals surface area contributed by atoms with Crippen molar-refractivity contribution in [3.63, 3.8) is 0 Å². The number of nitrogens with two attached hydrogens (primary N) is 1. The van der Waals surface area contributed by atoms with E-state index in [0.717, 1.165) is 41.3 Å². The maximum Gasteiger partial charge on any atom is 0.338 e. The molecule has 1 unspecified atom stereocenters. The molecule has 7 nitrogen and oxygen atoms in total. The minimum atomic E-state index is -0.901. The summed E-state index contributed by atoms with van der Waals surface area (Å²) in [6.45, 7) is 2.22. The summed E-state index contributed by atoms with van der Waals surface area (Å²) in [6, 6.07) is 17.6. The van der Waals surface area contributed by atoms with Crippen LogP contribution in [-0.4, -0.2) is 38.6 Å². The van der Waals surface area contributed by atoms with Gasteiger partial charge in [0.1, 0.15) is 18.1 Å². The van der Waals surface area contributed by atoms with E-state index in [9.17, 15) is 20.1 Å². The molecule has 3 aromatic carbocycles. The molecule has 0 aliphatic carbocycles. The smallest absolute Gasteiger partial charge is 0.338 e. The van der Waals surface area contributed by atoms with Crippen LogP contribution in [0.2, 0.25) is 0 Å². The standard InChI is InChI=1S/C29H32N2O5/c1-2-3-6-19-13-27(33)25(28(34)14-19)17-31-16-21(24-7-4-5-8-26(24)31)15-23(32)18-36-29(35)20-9-11-22(30)12-10-20/h4-5,7-14,16,23,32-34H,2-3,6,15,17-18,30H2,1H3. The van der Waals surface area contributed by atoms with E-state index >= 15 is 0 Å². The summed E-state index contributed by atoms with van der Waals surface area (Å²) in [7, 11) is 0. The number of para-hydroxylation sites is 1. The second kappa shape index (κ2) is 11.2. The number of hydrogen-bond acceptors (Lipinski definition) is 6. The number of aliphatic hydroxyl groups excluding tert-OH is 1. The highest BCUT2D eigenvalue weighted by Gasteiger charge is 2.17. The van der Waals surface area contributed by atoms with Crippen LogP contribution in [0, 0.1) is 0 Å². The Kier molecular flexibility index (Phi) is 7.80.